The molecule has 3 aromatic rings. The lowest BCUT2D eigenvalue weighted by molar-refractivity contribution is -0.126. The van der Waals surface area contributed by atoms with Crippen LogP contribution in [0, 0.1) is 10.8 Å². The second kappa shape index (κ2) is 7.90. The van der Waals surface area contributed by atoms with Crippen molar-refractivity contribution in [3.63, 3.8) is 0 Å². The Morgan fingerprint density at radius 2 is 1.08 bits per heavy atom. The summed E-state index contributed by atoms with van der Waals surface area (Å²) in [5.41, 5.74) is 0.389. The number of nitrogens with zero attached hydrogens (tertiary/aromatic N) is 4. The van der Waals surface area contributed by atoms with Crippen molar-refractivity contribution in [2.24, 2.45) is 21.0 Å². The second-order valence-corrected chi connectivity index (χ2v) is 10.4. The number of benzene rings is 3. The lowest BCUT2D eigenvalue weighted by atomic mass is 9.85. The Morgan fingerprint density at radius 1 is 0.667 bits per heavy atom. The highest BCUT2D eigenvalue weighted by atomic mass is 35.5. The van der Waals surface area contributed by atoms with Gasteiger partial charge in [0.05, 0.1) is 22.8 Å². The van der Waals surface area contributed by atoms with E-state index in [9.17, 15) is 9.59 Å². The molecule has 2 aliphatic heterocycles. The monoisotopic (exact) mass is 536 g/mol. The van der Waals surface area contributed by atoms with Crippen molar-refractivity contribution < 1.29 is 9.59 Å². The molecule has 6 rings (SSSR count). The lowest BCUT2D eigenvalue weighted by Gasteiger charge is -2.19. The molecule has 0 unspecified atom stereocenters. The molecule has 0 bridgehead atoms. The maximum atomic E-state index is 14.3. The Bertz CT molecular complexity index is 1410. The van der Waals surface area contributed by atoms with E-state index in [2.05, 4.69) is 10.2 Å². The minimum atomic E-state index is -1.26. The number of amides is 2. The summed E-state index contributed by atoms with van der Waals surface area (Å²) < 4.78 is 0. The summed E-state index contributed by atoms with van der Waals surface area (Å²) in [6, 6.07) is 21.0. The van der Waals surface area contributed by atoms with E-state index in [-0.39, 0.29) is 11.8 Å². The molecule has 2 spiro atoms. The van der Waals surface area contributed by atoms with Crippen LogP contribution in [-0.4, -0.2) is 23.2 Å². The van der Waals surface area contributed by atoms with Crippen LogP contribution in [0.4, 0.5) is 11.4 Å². The molecule has 0 radical (unpaired) electrons. The van der Waals surface area contributed by atoms with Gasteiger partial charge in [-0.25, -0.2) is 0 Å². The standard InChI is InChI=1S/C27H19Cl3N4O2/c1-15-26(24(35)33(31-15)19-11-7-17(28)8-12-19)23(21-5-3-4-6-22(21)30)27(26)16(2)32-34(25(27)36)20-13-9-18(29)10-14-20/h3-14,23H,1-2H3/t26-,27-/m0/s1. The Balaban J connectivity index is 1.53. The fourth-order valence-electron chi connectivity index (χ4n) is 5.93. The molecule has 9 heteroatoms. The van der Waals surface area contributed by atoms with Gasteiger partial charge in [0.25, 0.3) is 11.8 Å². The first-order chi connectivity index (χ1) is 17.2. The van der Waals surface area contributed by atoms with Crippen LogP contribution in [0.25, 0.3) is 0 Å². The Kier molecular flexibility index (Phi) is 5.10. The van der Waals surface area contributed by atoms with E-state index >= 15 is 0 Å². The quantitative estimate of drug-likeness (QED) is 0.380. The van der Waals surface area contributed by atoms with E-state index < -0.39 is 16.7 Å². The summed E-state index contributed by atoms with van der Waals surface area (Å²) in [5, 5.41) is 13.6. The third-order valence-electron chi connectivity index (χ3n) is 7.46. The first-order valence-electron chi connectivity index (χ1n) is 11.3. The van der Waals surface area contributed by atoms with Gasteiger partial charge < -0.3 is 0 Å². The SMILES string of the molecule is CC1=NN(c2ccc(Cl)cc2)C(=O)[C@@]12C(c1ccccc1Cl)[C@@]21C(=O)N(c2ccc(Cl)cc2)N=C1C. The molecular weight excluding hydrogens is 519 g/mol. The zero-order chi connectivity index (χ0) is 25.4. The molecule has 2 heterocycles. The maximum Gasteiger partial charge on any atom is 0.261 e. The number of halogens is 3. The van der Waals surface area contributed by atoms with Crippen LogP contribution < -0.4 is 10.0 Å². The maximum absolute atomic E-state index is 14.3. The van der Waals surface area contributed by atoms with Gasteiger partial charge in [0, 0.05) is 21.0 Å². The Morgan fingerprint density at radius 3 is 1.50 bits per heavy atom. The van der Waals surface area contributed by atoms with E-state index in [4.69, 9.17) is 34.8 Å². The average Bonchev–Trinajstić information content (AvgIpc) is 3.33. The first-order valence-corrected chi connectivity index (χ1v) is 12.4. The largest absolute Gasteiger partial charge is 0.271 e. The van der Waals surface area contributed by atoms with Crippen LogP contribution >= 0.6 is 34.8 Å². The smallest absolute Gasteiger partial charge is 0.261 e. The topological polar surface area (TPSA) is 65.3 Å². The third kappa shape index (κ3) is 2.80. The van der Waals surface area contributed by atoms with E-state index in [0.29, 0.717) is 43.4 Å². The van der Waals surface area contributed by atoms with Gasteiger partial charge in [-0.05, 0) is 74.0 Å². The van der Waals surface area contributed by atoms with Crippen molar-refractivity contribution in [3.8, 4) is 0 Å². The predicted molar refractivity (Wildman–Crippen MR) is 143 cm³/mol. The van der Waals surface area contributed by atoms with Crippen LogP contribution in [-0.2, 0) is 9.59 Å². The molecule has 6 nitrogen and oxygen atoms in total. The number of carbonyl (C=O) groups is 2. The van der Waals surface area contributed by atoms with Crippen molar-refractivity contribution >= 4 is 69.4 Å². The molecule has 3 aromatic carbocycles. The normalized spacial score (nSPS) is 26.8. The first kappa shape index (κ1) is 23.2. The van der Waals surface area contributed by atoms with Gasteiger partial charge >= 0.3 is 0 Å². The van der Waals surface area contributed by atoms with Gasteiger partial charge in [-0.15, -0.1) is 0 Å². The summed E-state index contributed by atoms with van der Waals surface area (Å²) in [6.45, 7) is 3.58. The molecule has 0 N–H and O–H groups in total. The van der Waals surface area contributed by atoms with Gasteiger partial charge in [-0.3, -0.25) is 9.59 Å². The number of anilines is 2. The highest BCUT2D eigenvalue weighted by Gasteiger charge is 2.91. The van der Waals surface area contributed by atoms with Crippen LogP contribution in [0.3, 0.4) is 0 Å². The summed E-state index contributed by atoms with van der Waals surface area (Å²) in [6.07, 6.45) is 0. The molecule has 0 saturated heterocycles. The molecule has 1 aliphatic carbocycles. The van der Waals surface area contributed by atoms with Gasteiger partial charge in [0.1, 0.15) is 10.8 Å². The molecule has 36 heavy (non-hydrogen) atoms. The van der Waals surface area contributed by atoms with Crippen molar-refractivity contribution in [1.82, 2.24) is 0 Å². The highest BCUT2D eigenvalue weighted by Crippen LogP contribution is 2.79. The number of carbonyl (C=O) groups excluding carboxylic acids is 2. The van der Waals surface area contributed by atoms with Crippen molar-refractivity contribution in [2.75, 3.05) is 10.0 Å². The number of hydrazone groups is 2. The van der Waals surface area contributed by atoms with Crippen LogP contribution in [0.5, 0.6) is 0 Å². The number of rotatable bonds is 3. The summed E-state index contributed by atoms with van der Waals surface area (Å²) in [5.74, 6) is -1.16. The zero-order valence-electron chi connectivity index (χ0n) is 19.2. The van der Waals surface area contributed by atoms with Gasteiger partial charge in [-0.2, -0.15) is 20.2 Å². The number of fused-ring (bicyclic) bond motifs is 1. The predicted octanol–water partition coefficient (Wildman–Crippen LogP) is 6.56. The van der Waals surface area contributed by atoms with Crippen LogP contribution in [0.15, 0.2) is 83.0 Å². The summed E-state index contributed by atoms with van der Waals surface area (Å²) in [7, 11) is 0. The molecule has 1 saturated carbocycles. The molecular formula is C27H19Cl3N4O2. The highest BCUT2D eigenvalue weighted by molar-refractivity contribution is 6.38. The molecule has 0 aromatic heterocycles. The Hall–Kier alpha value is -3.19. The van der Waals surface area contributed by atoms with E-state index in [1.165, 1.54) is 10.0 Å². The molecule has 1 fully saturated rings. The fourth-order valence-corrected chi connectivity index (χ4v) is 6.43. The number of hydrogen-bond donors (Lipinski definition) is 0. The van der Waals surface area contributed by atoms with E-state index in [1.807, 2.05) is 18.2 Å². The third-order valence-corrected chi connectivity index (χ3v) is 8.31. The van der Waals surface area contributed by atoms with Gasteiger partial charge in [-0.1, -0.05) is 53.0 Å². The molecule has 2 amide bonds. The van der Waals surface area contributed by atoms with Crippen LogP contribution in [0.2, 0.25) is 15.1 Å². The summed E-state index contributed by atoms with van der Waals surface area (Å²) >= 11 is 18.8. The summed E-state index contributed by atoms with van der Waals surface area (Å²) in [4.78, 5) is 28.6. The second-order valence-electron chi connectivity index (χ2n) is 9.13. The molecule has 2 atom stereocenters. The van der Waals surface area contributed by atoms with E-state index in [1.54, 1.807) is 68.4 Å². The Labute approximate surface area is 222 Å². The van der Waals surface area contributed by atoms with E-state index in [0.717, 1.165) is 0 Å². The van der Waals surface area contributed by atoms with Gasteiger partial charge in [0.15, 0.2) is 0 Å². The number of hydrogen-bond acceptors (Lipinski definition) is 4. The minimum absolute atomic E-state index is 0.298. The van der Waals surface area contributed by atoms with Crippen LogP contribution in [0.1, 0.15) is 25.3 Å². The van der Waals surface area contributed by atoms with Gasteiger partial charge in [0.2, 0.25) is 0 Å². The fraction of sp³-hybridized carbons (Fsp3) is 0.185. The van der Waals surface area contributed by atoms with Crippen molar-refractivity contribution in [3.05, 3.63) is 93.4 Å². The average molecular weight is 538 g/mol. The zero-order valence-corrected chi connectivity index (χ0v) is 21.5. The van der Waals surface area contributed by atoms with Crippen molar-refractivity contribution in [1.29, 1.82) is 0 Å². The van der Waals surface area contributed by atoms with Crippen molar-refractivity contribution in [2.45, 2.75) is 19.8 Å². The lowest BCUT2D eigenvalue weighted by Crippen LogP contribution is -2.40. The molecule has 3 aliphatic rings. The molecule has 180 valence electrons. The minimum Gasteiger partial charge on any atom is -0.271 e.